The first kappa shape index (κ1) is 15.7. The van der Waals surface area contributed by atoms with Crippen molar-refractivity contribution in [2.75, 3.05) is 4.90 Å². The van der Waals surface area contributed by atoms with Crippen molar-refractivity contribution >= 4 is 22.6 Å². The van der Waals surface area contributed by atoms with E-state index in [1.807, 2.05) is 42.2 Å². The molecular weight excluding hydrogens is 284 g/mol. The number of para-hydroxylation sites is 1. The Morgan fingerprint density at radius 1 is 1.22 bits per heavy atom. The second-order valence-corrected chi connectivity index (χ2v) is 6.29. The zero-order valence-electron chi connectivity index (χ0n) is 14.0. The molecule has 3 nitrogen and oxygen atoms in total. The van der Waals surface area contributed by atoms with E-state index in [1.54, 1.807) is 0 Å². The van der Waals surface area contributed by atoms with Crippen molar-refractivity contribution < 1.29 is 4.79 Å². The Morgan fingerprint density at radius 2 is 2.04 bits per heavy atom. The fourth-order valence-corrected chi connectivity index (χ4v) is 3.00. The Morgan fingerprint density at radius 3 is 2.78 bits per heavy atom. The number of rotatable bonds is 4. The van der Waals surface area contributed by atoms with Crippen molar-refractivity contribution in [2.24, 2.45) is 5.92 Å². The van der Waals surface area contributed by atoms with Gasteiger partial charge in [-0.2, -0.15) is 0 Å². The second-order valence-electron chi connectivity index (χ2n) is 6.29. The molecule has 1 aliphatic rings. The van der Waals surface area contributed by atoms with Gasteiger partial charge in [0.15, 0.2) is 0 Å². The van der Waals surface area contributed by atoms with Crippen LogP contribution < -0.4 is 4.90 Å². The maximum Gasteiger partial charge on any atom is 0.235 e. The van der Waals surface area contributed by atoms with Crippen LogP contribution in [0.5, 0.6) is 0 Å². The van der Waals surface area contributed by atoms with Gasteiger partial charge < -0.3 is 0 Å². The zero-order valence-corrected chi connectivity index (χ0v) is 14.0. The van der Waals surface area contributed by atoms with E-state index in [2.05, 4.69) is 19.1 Å². The van der Waals surface area contributed by atoms with E-state index >= 15 is 0 Å². The predicted molar refractivity (Wildman–Crippen MR) is 95.2 cm³/mol. The smallest absolute Gasteiger partial charge is 0.235 e. The normalized spacial score (nSPS) is 16.0. The largest absolute Gasteiger partial charge is 0.274 e. The summed E-state index contributed by atoms with van der Waals surface area (Å²) in [5.74, 6) is 0.914. The Bertz CT molecular complexity index is 735. The number of benzene rings is 1. The average molecular weight is 308 g/mol. The van der Waals surface area contributed by atoms with Gasteiger partial charge in [-0.3, -0.25) is 9.69 Å². The molecule has 0 saturated carbocycles. The minimum absolute atomic E-state index is 0.00565. The minimum Gasteiger partial charge on any atom is -0.274 e. The summed E-state index contributed by atoms with van der Waals surface area (Å²) in [4.78, 5) is 19.6. The third-order valence-electron chi connectivity index (χ3n) is 4.62. The van der Waals surface area contributed by atoms with E-state index in [1.165, 1.54) is 6.42 Å². The molecule has 1 aromatic heterocycles. The Kier molecular flexibility index (Phi) is 4.75. The molecule has 120 valence electrons. The van der Waals surface area contributed by atoms with Crippen molar-refractivity contribution in [3.63, 3.8) is 0 Å². The number of allylic oxidation sites excluding steroid dienone is 2. The van der Waals surface area contributed by atoms with E-state index in [0.29, 0.717) is 0 Å². The molecule has 1 aromatic carbocycles. The Hall–Kier alpha value is -2.16. The number of amides is 1. The molecule has 1 atom stereocenters. The summed E-state index contributed by atoms with van der Waals surface area (Å²) in [7, 11) is 0. The van der Waals surface area contributed by atoms with Crippen molar-refractivity contribution in [3.05, 3.63) is 48.2 Å². The van der Waals surface area contributed by atoms with Crippen LogP contribution in [-0.2, 0) is 4.79 Å². The lowest BCUT2D eigenvalue weighted by atomic mass is 10.0. The third-order valence-corrected chi connectivity index (χ3v) is 4.62. The standard InChI is InChI=1S/C20H24N2O/c1-3-15(2)20(23)22(17-10-5-4-6-11-17)19-14-13-16-9-7-8-12-18(16)21-19/h7-10,12-15H,3-6,11H2,1-2H3. The Labute approximate surface area is 138 Å². The molecular formula is C20H24N2O. The summed E-state index contributed by atoms with van der Waals surface area (Å²) < 4.78 is 0. The van der Waals surface area contributed by atoms with Crippen molar-refractivity contribution in [3.8, 4) is 0 Å². The number of carbonyl (C=O) groups is 1. The first-order chi connectivity index (χ1) is 11.2. The highest BCUT2D eigenvalue weighted by molar-refractivity contribution is 5.98. The number of aromatic nitrogens is 1. The summed E-state index contributed by atoms with van der Waals surface area (Å²) in [5, 5.41) is 1.10. The van der Waals surface area contributed by atoms with Gasteiger partial charge in [-0.1, -0.05) is 38.1 Å². The molecule has 1 heterocycles. The molecule has 1 amide bonds. The number of pyridine rings is 1. The number of fused-ring (bicyclic) bond motifs is 1. The van der Waals surface area contributed by atoms with E-state index in [4.69, 9.17) is 4.98 Å². The summed E-state index contributed by atoms with van der Waals surface area (Å²) in [6.45, 7) is 4.06. The fraction of sp³-hybridized carbons (Fsp3) is 0.400. The maximum absolute atomic E-state index is 13.0. The molecule has 3 rings (SSSR count). The number of anilines is 1. The lowest BCUT2D eigenvalue weighted by molar-refractivity contribution is -0.121. The fourth-order valence-electron chi connectivity index (χ4n) is 3.00. The molecule has 0 N–H and O–H groups in total. The van der Waals surface area contributed by atoms with Gasteiger partial charge in [-0.25, -0.2) is 4.98 Å². The number of hydrogen-bond donors (Lipinski definition) is 0. The highest BCUT2D eigenvalue weighted by Gasteiger charge is 2.26. The monoisotopic (exact) mass is 308 g/mol. The second kappa shape index (κ2) is 6.95. The van der Waals surface area contributed by atoms with E-state index < -0.39 is 0 Å². The van der Waals surface area contributed by atoms with Crippen LogP contribution in [0.2, 0.25) is 0 Å². The van der Waals surface area contributed by atoms with Crippen LogP contribution in [0.25, 0.3) is 10.9 Å². The maximum atomic E-state index is 13.0. The Balaban J connectivity index is 2.05. The van der Waals surface area contributed by atoms with E-state index in [0.717, 1.165) is 48.1 Å². The zero-order chi connectivity index (χ0) is 16.2. The molecule has 0 radical (unpaired) electrons. The van der Waals surface area contributed by atoms with Gasteiger partial charge in [0.2, 0.25) is 5.91 Å². The summed E-state index contributed by atoms with van der Waals surface area (Å²) >= 11 is 0. The van der Waals surface area contributed by atoms with E-state index in [9.17, 15) is 4.79 Å². The summed E-state index contributed by atoms with van der Waals surface area (Å²) in [6.07, 6.45) is 7.41. The van der Waals surface area contributed by atoms with Gasteiger partial charge in [-0.05, 0) is 50.3 Å². The minimum atomic E-state index is 0.00565. The van der Waals surface area contributed by atoms with Crippen molar-refractivity contribution in [1.82, 2.24) is 4.98 Å². The number of hydrogen-bond acceptors (Lipinski definition) is 2. The third kappa shape index (κ3) is 3.29. The molecule has 1 aliphatic carbocycles. The molecule has 0 bridgehead atoms. The van der Waals surface area contributed by atoms with Crippen LogP contribution in [0.1, 0.15) is 46.0 Å². The quantitative estimate of drug-likeness (QED) is 0.790. The van der Waals surface area contributed by atoms with Gasteiger partial charge in [0.05, 0.1) is 5.52 Å². The van der Waals surface area contributed by atoms with Gasteiger partial charge in [0.1, 0.15) is 5.82 Å². The van der Waals surface area contributed by atoms with Crippen LogP contribution in [0.15, 0.2) is 48.2 Å². The lowest BCUT2D eigenvalue weighted by Gasteiger charge is -2.29. The topological polar surface area (TPSA) is 33.2 Å². The molecule has 0 fully saturated rings. The van der Waals surface area contributed by atoms with Crippen LogP contribution in [0, 0.1) is 5.92 Å². The van der Waals surface area contributed by atoms with Crippen LogP contribution in [0.3, 0.4) is 0 Å². The van der Waals surface area contributed by atoms with Gasteiger partial charge >= 0.3 is 0 Å². The molecule has 3 heteroatoms. The lowest BCUT2D eigenvalue weighted by Crippen LogP contribution is -2.35. The highest BCUT2D eigenvalue weighted by atomic mass is 16.2. The molecule has 0 aliphatic heterocycles. The number of nitrogens with zero attached hydrogens (tertiary/aromatic N) is 2. The highest BCUT2D eigenvalue weighted by Crippen LogP contribution is 2.29. The molecule has 0 saturated heterocycles. The average Bonchev–Trinajstić information content (AvgIpc) is 2.62. The van der Waals surface area contributed by atoms with Crippen LogP contribution >= 0.6 is 0 Å². The SMILES string of the molecule is CCC(C)C(=O)N(C1=CCCCC1)c1ccc2ccccc2n1. The van der Waals surface area contributed by atoms with Gasteiger partial charge in [-0.15, -0.1) is 0 Å². The first-order valence-corrected chi connectivity index (χ1v) is 8.59. The molecule has 23 heavy (non-hydrogen) atoms. The van der Waals surface area contributed by atoms with E-state index in [-0.39, 0.29) is 11.8 Å². The van der Waals surface area contributed by atoms with Crippen molar-refractivity contribution in [2.45, 2.75) is 46.0 Å². The summed E-state index contributed by atoms with van der Waals surface area (Å²) in [5.41, 5.74) is 2.05. The predicted octanol–water partition coefficient (Wildman–Crippen LogP) is 5.07. The van der Waals surface area contributed by atoms with Crippen LogP contribution in [0.4, 0.5) is 5.82 Å². The molecule has 0 spiro atoms. The number of carbonyl (C=O) groups excluding carboxylic acids is 1. The van der Waals surface area contributed by atoms with Gasteiger partial charge in [0.25, 0.3) is 0 Å². The van der Waals surface area contributed by atoms with Crippen molar-refractivity contribution in [1.29, 1.82) is 0 Å². The van der Waals surface area contributed by atoms with Gasteiger partial charge in [0, 0.05) is 17.0 Å². The van der Waals surface area contributed by atoms with Crippen LogP contribution in [-0.4, -0.2) is 10.9 Å². The molecule has 1 unspecified atom stereocenters. The molecule has 2 aromatic rings. The first-order valence-electron chi connectivity index (χ1n) is 8.59. The summed E-state index contributed by atoms with van der Waals surface area (Å²) in [6, 6.07) is 12.1.